The Labute approximate surface area is 495 Å². The molecule has 0 aliphatic carbocycles. The third-order valence-electron chi connectivity index (χ3n) is 10.9. The van der Waals surface area contributed by atoms with Gasteiger partial charge in [-0.3, -0.25) is 47.9 Å². The summed E-state index contributed by atoms with van der Waals surface area (Å²) in [7, 11) is 0. The first kappa shape index (κ1) is 101. The highest BCUT2D eigenvalue weighted by Crippen LogP contribution is 2.05. The van der Waals surface area contributed by atoms with E-state index in [1.165, 1.54) is 34.6 Å². The van der Waals surface area contributed by atoms with Gasteiger partial charge in [-0.1, -0.05) is 146 Å². The Hall–Kier alpha value is -4.95. The lowest BCUT2D eigenvalue weighted by Gasteiger charge is -2.00. The molecule has 0 aromatic carbocycles. The van der Waals surface area contributed by atoms with Crippen molar-refractivity contribution in [1.29, 1.82) is 0 Å². The van der Waals surface area contributed by atoms with E-state index in [1.807, 2.05) is 138 Å². The molecule has 15 nitrogen and oxygen atoms in total. The van der Waals surface area contributed by atoms with Crippen molar-refractivity contribution in [2.24, 2.45) is 59.2 Å². The van der Waals surface area contributed by atoms with Gasteiger partial charge in [0.25, 0.3) is 0 Å². The van der Waals surface area contributed by atoms with E-state index in [0.29, 0.717) is 64.2 Å². The van der Waals surface area contributed by atoms with Crippen LogP contribution in [0.4, 0.5) is 0 Å². The summed E-state index contributed by atoms with van der Waals surface area (Å²) < 4.78 is 0. The van der Waals surface area contributed by atoms with Crippen LogP contribution in [0.3, 0.4) is 0 Å². The zero-order chi connectivity index (χ0) is 66.5. The molecular formula is C66H124O15. The van der Waals surface area contributed by atoms with Gasteiger partial charge < -0.3 is 24.0 Å². The minimum atomic E-state index is 0. The van der Waals surface area contributed by atoms with Crippen molar-refractivity contribution in [3.63, 3.8) is 0 Å². The van der Waals surface area contributed by atoms with E-state index < -0.39 is 0 Å². The Morgan fingerprint density at radius 1 is 0.173 bits per heavy atom. The van der Waals surface area contributed by atoms with E-state index in [9.17, 15) is 71.9 Å². The molecular weight excluding hydrogens is 1030 g/mol. The van der Waals surface area contributed by atoms with Crippen molar-refractivity contribution in [2.75, 3.05) is 0 Å². The molecule has 0 saturated carbocycles. The predicted octanol–water partition coefficient (Wildman–Crippen LogP) is 14.7. The van der Waals surface area contributed by atoms with E-state index >= 15 is 0 Å². The Bertz CT molecular complexity index is 1500. The second-order valence-electron chi connectivity index (χ2n) is 22.9. The van der Waals surface area contributed by atoms with Gasteiger partial charge >= 0.3 is 0 Å². The van der Waals surface area contributed by atoms with E-state index in [0.717, 1.165) is 0 Å². The molecule has 0 aromatic rings. The van der Waals surface area contributed by atoms with E-state index in [1.54, 1.807) is 34.6 Å². The number of hydrogen-bond donors (Lipinski definition) is 0. The molecule has 0 aliphatic heterocycles. The summed E-state index contributed by atoms with van der Waals surface area (Å²) in [5, 5.41) is 0. The summed E-state index contributed by atoms with van der Waals surface area (Å²) in [5.41, 5.74) is 0. The predicted molar refractivity (Wildman–Crippen MR) is 333 cm³/mol. The maximum absolute atomic E-state index is 10.9. The number of Topliss-reactive ketones (excluding diaryl/α,β-unsaturated/α-hetero) is 15. The van der Waals surface area contributed by atoms with Gasteiger partial charge in [0.1, 0.15) is 86.7 Å². The van der Waals surface area contributed by atoms with Crippen LogP contribution in [-0.4, -0.2) is 86.7 Å². The van der Waals surface area contributed by atoms with Crippen LogP contribution in [0.2, 0.25) is 0 Å². The lowest BCUT2D eigenvalue weighted by atomic mass is 10.0. The maximum atomic E-state index is 10.9. The normalized spacial score (nSPS) is 9.63. The number of hydrogen-bond acceptors (Lipinski definition) is 15. The number of ketones is 15. The summed E-state index contributed by atoms with van der Waals surface area (Å²) in [6.45, 7) is 53.0. The van der Waals surface area contributed by atoms with Gasteiger partial charge in [-0.05, 0) is 69.2 Å². The molecule has 0 spiro atoms. The SMILES string of the molecule is C.CC(=O)C(C)C.CC(=O)C(C)C.CC(=O)C(C)C.CC(=O)C(C)C.CC(=O)C(C)C.CC(=O)CCC(=O)C(C)C.CC(=O)CCC(=O)C(C)C.CC(=O)CCC(=O)C(C)C.CC(=O)CCC(=O)C(C)C.CC(=O)CCC(=O)C(C)C. The van der Waals surface area contributed by atoms with Gasteiger partial charge in [-0.15, -0.1) is 0 Å². The topological polar surface area (TPSA) is 256 Å². The van der Waals surface area contributed by atoms with Crippen molar-refractivity contribution in [3.05, 3.63) is 0 Å². The van der Waals surface area contributed by atoms with Crippen LogP contribution in [0.1, 0.15) is 279 Å². The summed E-state index contributed by atoms with van der Waals surface area (Å²) in [6, 6.07) is 0. The quantitative estimate of drug-likeness (QED) is 0.0823. The Morgan fingerprint density at radius 2 is 0.247 bits per heavy atom. The van der Waals surface area contributed by atoms with Gasteiger partial charge in [0.05, 0.1) is 0 Å². The molecule has 478 valence electrons. The zero-order valence-corrected chi connectivity index (χ0v) is 56.5. The maximum Gasteiger partial charge on any atom is 0.135 e. The first-order chi connectivity index (χ1) is 35.9. The second kappa shape index (κ2) is 64.2. The van der Waals surface area contributed by atoms with E-state index in [4.69, 9.17) is 0 Å². The minimum absolute atomic E-state index is 0. The molecule has 0 atom stereocenters. The van der Waals surface area contributed by atoms with Gasteiger partial charge in [-0.2, -0.15) is 0 Å². The largest absolute Gasteiger partial charge is 0.300 e. The van der Waals surface area contributed by atoms with Crippen LogP contribution in [0.25, 0.3) is 0 Å². The summed E-state index contributed by atoms with van der Waals surface area (Å²) >= 11 is 0. The van der Waals surface area contributed by atoms with Crippen molar-refractivity contribution in [3.8, 4) is 0 Å². The van der Waals surface area contributed by atoms with Crippen molar-refractivity contribution in [1.82, 2.24) is 0 Å². The highest BCUT2D eigenvalue weighted by atomic mass is 16.2. The number of carbonyl (C=O) groups excluding carboxylic acids is 15. The molecule has 0 saturated heterocycles. The van der Waals surface area contributed by atoms with Crippen molar-refractivity contribution >= 4 is 86.7 Å². The standard InChI is InChI=1S/5C8H14O2.5C5H10O.CH4/c5*1-6(2)8(10)5-4-7(3)9;5*1-4(2)5(3)6;/h5*6H,4-5H2,1-3H3;5*4H,1-3H3;1H4. The van der Waals surface area contributed by atoms with Crippen molar-refractivity contribution < 1.29 is 71.9 Å². The average Bonchev–Trinajstić information content (AvgIpc) is 3.31. The van der Waals surface area contributed by atoms with Crippen LogP contribution in [0, 0.1) is 59.2 Å². The zero-order valence-electron chi connectivity index (χ0n) is 56.5. The fourth-order valence-electron chi connectivity index (χ4n) is 2.94. The van der Waals surface area contributed by atoms with E-state index in [2.05, 4.69) is 0 Å². The van der Waals surface area contributed by atoms with Crippen LogP contribution < -0.4 is 0 Å². The first-order valence-corrected chi connectivity index (χ1v) is 28.5. The molecule has 0 heterocycles. The molecule has 0 bridgehead atoms. The molecule has 0 N–H and O–H groups in total. The summed E-state index contributed by atoms with van der Waals surface area (Å²) in [4.78, 5) is 157. The Kier molecular flexibility index (Phi) is 80.3. The molecule has 0 amide bonds. The molecule has 0 aliphatic rings. The highest BCUT2D eigenvalue weighted by Gasteiger charge is 2.11. The molecule has 0 fully saturated rings. The molecule has 0 unspecified atom stereocenters. The van der Waals surface area contributed by atoms with Gasteiger partial charge in [0.2, 0.25) is 0 Å². The lowest BCUT2D eigenvalue weighted by Crippen LogP contribution is -2.08. The van der Waals surface area contributed by atoms with Gasteiger partial charge in [0.15, 0.2) is 0 Å². The van der Waals surface area contributed by atoms with Gasteiger partial charge in [-0.25, -0.2) is 0 Å². The molecule has 0 radical (unpaired) electrons. The highest BCUT2D eigenvalue weighted by molar-refractivity contribution is 5.88. The van der Waals surface area contributed by atoms with Crippen LogP contribution in [0.15, 0.2) is 0 Å². The van der Waals surface area contributed by atoms with Crippen LogP contribution in [0.5, 0.6) is 0 Å². The fourth-order valence-corrected chi connectivity index (χ4v) is 2.94. The smallest absolute Gasteiger partial charge is 0.135 e. The first-order valence-electron chi connectivity index (χ1n) is 28.5. The minimum Gasteiger partial charge on any atom is -0.300 e. The Balaban J connectivity index is -0.0000000752. The van der Waals surface area contributed by atoms with Gasteiger partial charge in [0, 0.05) is 123 Å². The monoisotopic (exact) mass is 1160 g/mol. The average molecular weight is 1160 g/mol. The third kappa shape index (κ3) is 111. The van der Waals surface area contributed by atoms with Crippen LogP contribution in [-0.2, 0) is 71.9 Å². The third-order valence-corrected chi connectivity index (χ3v) is 10.9. The van der Waals surface area contributed by atoms with E-state index in [-0.39, 0.29) is 153 Å². The fraction of sp³-hybridized carbons (Fsp3) is 0.773. The van der Waals surface area contributed by atoms with Crippen LogP contribution >= 0.6 is 0 Å². The number of carbonyl (C=O) groups is 15. The lowest BCUT2D eigenvalue weighted by molar-refractivity contribution is -0.125. The second-order valence-corrected chi connectivity index (χ2v) is 22.9. The molecule has 15 heteroatoms. The summed E-state index contributed by atoms with van der Waals surface area (Å²) in [5.74, 6) is 4.04. The number of rotatable bonds is 25. The summed E-state index contributed by atoms with van der Waals surface area (Å²) in [6.07, 6.45) is 4.05. The van der Waals surface area contributed by atoms with Crippen molar-refractivity contribution in [2.45, 2.75) is 279 Å². The molecule has 81 heavy (non-hydrogen) atoms. The molecule has 0 aromatic heterocycles. The molecule has 0 rings (SSSR count). The Morgan fingerprint density at radius 3 is 0.284 bits per heavy atom.